The predicted octanol–water partition coefficient (Wildman–Crippen LogP) is 7.15. The standard InChI is InChI=1S/C23H26Cl2N2OS/c1-16(2)22-23(29-20-13-18(24)12-19(25)14-20)27(3)21(26-22)10-7-11-28-15-17-8-5-4-6-9-17/h4-6,8-9,12-14,16H,7,10-11,15H2,1-3H3. The lowest BCUT2D eigenvalue weighted by molar-refractivity contribution is 0.118. The van der Waals surface area contributed by atoms with Gasteiger partial charge in [0, 0.05) is 35.0 Å². The minimum atomic E-state index is 0.335. The SMILES string of the molecule is CC(C)c1nc(CCCOCc2ccccc2)n(C)c1Sc1cc(Cl)cc(Cl)c1. The average molecular weight is 449 g/mol. The molecule has 0 aliphatic rings. The van der Waals surface area contributed by atoms with E-state index in [0.29, 0.717) is 29.2 Å². The zero-order valence-corrected chi connectivity index (χ0v) is 19.3. The van der Waals surface area contributed by atoms with Crippen molar-refractivity contribution in [2.75, 3.05) is 6.61 Å². The summed E-state index contributed by atoms with van der Waals surface area (Å²) in [4.78, 5) is 5.95. The molecule has 0 fully saturated rings. The normalized spacial score (nSPS) is 11.4. The Kier molecular flexibility index (Phi) is 8.07. The molecule has 0 radical (unpaired) electrons. The summed E-state index contributed by atoms with van der Waals surface area (Å²) in [5.41, 5.74) is 2.30. The van der Waals surface area contributed by atoms with E-state index in [-0.39, 0.29) is 0 Å². The van der Waals surface area contributed by atoms with Crippen molar-refractivity contribution in [3.05, 3.63) is 75.7 Å². The molecule has 29 heavy (non-hydrogen) atoms. The number of nitrogens with zero attached hydrogens (tertiary/aromatic N) is 2. The number of hydrogen-bond donors (Lipinski definition) is 0. The van der Waals surface area contributed by atoms with Gasteiger partial charge in [-0.05, 0) is 36.1 Å². The van der Waals surface area contributed by atoms with E-state index in [9.17, 15) is 0 Å². The molecule has 0 bridgehead atoms. The van der Waals surface area contributed by atoms with Gasteiger partial charge in [0.25, 0.3) is 0 Å². The number of imidazole rings is 1. The molecule has 0 atom stereocenters. The molecule has 0 aliphatic heterocycles. The van der Waals surface area contributed by atoms with Crippen LogP contribution < -0.4 is 0 Å². The Morgan fingerprint density at radius 2 is 1.76 bits per heavy atom. The Balaban J connectivity index is 1.64. The molecule has 3 rings (SSSR count). The maximum atomic E-state index is 6.17. The molecule has 0 saturated heterocycles. The lowest BCUT2D eigenvalue weighted by Crippen LogP contribution is -2.02. The first kappa shape index (κ1) is 22.2. The van der Waals surface area contributed by atoms with E-state index < -0.39 is 0 Å². The summed E-state index contributed by atoms with van der Waals surface area (Å²) < 4.78 is 8.00. The van der Waals surface area contributed by atoms with Gasteiger partial charge in [-0.15, -0.1) is 0 Å². The van der Waals surface area contributed by atoms with E-state index >= 15 is 0 Å². The zero-order chi connectivity index (χ0) is 20.8. The number of aromatic nitrogens is 2. The Hall–Kier alpha value is -1.46. The van der Waals surface area contributed by atoms with Gasteiger partial charge in [0.15, 0.2) is 0 Å². The maximum absolute atomic E-state index is 6.17. The number of ether oxygens (including phenoxy) is 1. The summed E-state index contributed by atoms with van der Waals surface area (Å²) in [7, 11) is 2.08. The van der Waals surface area contributed by atoms with Crippen LogP contribution in [0.4, 0.5) is 0 Å². The molecule has 0 amide bonds. The fourth-order valence-corrected chi connectivity index (χ4v) is 4.95. The van der Waals surface area contributed by atoms with Gasteiger partial charge in [-0.25, -0.2) is 4.98 Å². The number of rotatable bonds is 9. The molecule has 0 spiro atoms. The van der Waals surface area contributed by atoms with Crippen molar-refractivity contribution in [3.8, 4) is 0 Å². The smallest absolute Gasteiger partial charge is 0.109 e. The van der Waals surface area contributed by atoms with Crippen LogP contribution >= 0.6 is 35.0 Å². The topological polar surface area (TPSA) is 27.1 Å². The van der Waals surface area contributed by atoms with Gasteiger partial charge < -0.3 is 9.30 Å². The summed E-state index contributed by atoms with van der Waals surface area (Å²) in [6.45, 7) is 5.70. The molecule has 0 saturated carbocycles. The molecule has 1 aromatic heterocycles. The minimum Gasteiger partial charge on any atom is -0.377 e. The second-order valence-electron chi connectivity index (χ2n) is 7.28. The first-order chi connectivity index (χ1) is 13.9. The molecule has 0 aliphatic carbocycles. The third-order valence-electron chi connectivity index (χ3n) is 4.56. The lowest BCUT2D eigenvalue weighted by Gasteiger charge is -2.09. The molecule has 0 N–H and O–H groups in total. The quantitative estimate of drug-likeness (QED) is 0.325. The highest BCUT2D eigenvalue weighted by Crippen LogP contribution is 2.36. The second-order valence-corrected chi connectivity index (χ2v) is 9.22. The average Bonchev–Trinajstić information content (AvgIpc) is 2.98. The highest BCUT2D eigenvalue weighted by Gasteiger charge is 2.18. The molecule has 1 heterocycles. The van der Waals surface area contributed by atoms with Crippen LogP contribution in [-0.2, 0) is 24.8 Å². The molecule has 3 aromatic rings. The Bertz CT molecular complexity index is 921. The number of hydrogen-bond acceptors (Lipinski definition) is 3. The Labute approximate surface area is 187 Å². The van der Waals surface area contributed by atoms with Crippen molar-refractivity contribution in [3.63, 3.8) is 0 Å². The summed E-state index contributed by atoms with van der Waals surface area (Å²) in [6, 6.07) is 15.9. The molecular formula is C23H26Cl2N2OS. The van der Waals surface area contributed by atoms with Crippen molar-refractivity contribution in [1.82, 2.24) is 9.55 Å². The van der Waals surface area contributed by atoms with E-state index in [2.05, 4.69) is 37.6 Å². The predicted molar refractivity (Wildman–Crippen MR) is 122 cm³/mol. The van der Waals surface area contributed by atoms with Gasteiger partial charge in [0.05, 0.1) is 12.3 Å². The minimum absolute atomic E-state index is 0.335. The van der Waals surface area contributed by atoms with Crippen LogP contribution in [0.15, 0.2) is 58.5 Å². The van der Waals surface area contributed by atoms with Gasteiger partial charge in [-0.2, -0.15) is 0 Å². The number of halogens is 2. The Morgan fingerprint density at radius 1 is 1.07 bits per heavy atom. The summed E-state index contributed by atoms with van der Waals surface area (Å²) in [5.74, 6) is 1.41. The Morgan fingerprint density at radius 3 is 2.41 bits per heavy atom. The van der Waals surface area contributed by atoms with Crippen molar-refractivity contribution < 1.29 is 4.74 Å². The monoisotopic (exact) mass is 448 g/mol. The van der Waals surface area contributed by atoms with Crippen molar-refractivity contribution in [2.24, 2.45) is 7.05 Å². The van der Waals surface area contributed by atoms with E-state index in [1.165, 1.54) is 5.56 Å². The van der Waals surface area contributed by atoms with Gasteiger partial charge in [-0.1, -0.05) is 79.1 Å². The van der Waals surface area contributed by atoms with Crippen molar-refractivity contribution >= 4 is 35.0 Å². The van der Waals surface area contributed by atoms with Crippen LogP contribution in [0.3, 0.4) is 0 Å². The van der Waals surface area contributed by atoms with Crippen LogP contribution in [-0.4, -0.2) is 16.2 Å². The van der Waals surface area contributed by atoms with E-state index in [4.69, 9.17) is 32.9 Å². The summed E-state index contributed by atoms with van der Waals surface area (Å²) in [6.07, 6.45) is 1.81. The van der Waals surface area contributed by atoms with Crippen LogP contribution in [0.2, 0.25) is 10.0 Å². The fraction of sp³-hybridized carbons (Fsp3) is 0.348. The van der Waals surface area contributed by atoms with E-state index in [1.807, 2.05) is 30.3 Å². The molecule has 154 valence electrons. The summed E-state index contributed by atoms with van der Waals surface area (Å²) in [5, 5.41) is 2.42. The van der Waals surface area contributed by atoms with E-state index in [0.717, 1.165) is 34.3 Å². The highest BCUT2D eigenvalue weighted by atomic mass is 35.5. The maximum Gasteiger partial charge on any atom is 0.109 e. The first-order valence-electron chi connectivity index (χ1n) is 9.75. The molecule has 0 unspecified atom stereocenters. The van der Waals surface area contributed by atoms with Crippen LogP contribution in [0.1, 0.15) is 43.3 Å². The highest BCUT2D eigenvalue weighted by molar-refractivity contribution is 7.99. The summed E-state index contributed by atoms with van der Waals surface area (Å²) >= 11 is 14.0. The molecule has 6 heteroatoms. The molecule has 3 nitrogen and oxygen atoms in total. The van der Waals surface area contributed by atoms with Gasteiger partial charge in [0.1, 0.15) is 10.9 Å². The van der Waals surface area contributed by atoms with Gasteiger partial charge in [-0.3, -0.25) is 0 Å². The number of benzene rings is 2. The second kappa shape index (κ2) is 10.5. The zero-order valence-electron chi connectivity index (χ0n) is 17.0. The first-order valence-corrected chi connectivity index (χ1v) is 11.3. The van der Waals surface area contributed by atoms with Gasteiger partial charge in [0.2, 0.25) is 0 Å². The fourth-order valence-electron chi connectivity index (χ4n) is 3.07. The van der Waals surface area contributed by atoms with Crippen molar-refractivity contribution in [2.45, 2.75) is 49.1 Å². The van der Waals surface area contributed by atoms with Crippen LogP contribution in [0.5, 0.6) is 0 Å². The molecule has 2 aromatic carbocycles. The number of aryl methyl sites for hydroxylation is 1. The van der Waals surface area contributed by atoms with Gasteiger partial charge >= 0.3 is 0 Å². The van der Waals surface area contributed by atoms with Crippen LogP contribution in [0, 0.1) is 0 Å². The van der Waals surface area contributed by atoms with E-state index in [1.54, 1.807) is 17.8 Å². The third-order valence-corrected chi connectivity index (χ3v) is 6.14. The van der Waals surface area contributed by atoms with Crippen molar-refractivity contribution in [1.29, 1.82) is 0 Å². The lowest BCUT2D eigenvalue weighted by atomic mass is 10.1. The van der Waals surface area contributed by atoms with Crippen LogP contribution in [0.25, 0.3) is 0 Å². The largest absolute Gasteiger partial charge is 0.377 e. The third kappa shape index (κ3) is 6.26. The molecular weight excluding hydrogens is 423 g/mol.